The summed E-state index contributed by atoms with van der Waals surface area (Å²) in [5, 5.41) is 15.4. The van der Waals surface area contributed by atoms with Gasteiger partial charge in [-0.3, -0.25) is 4.79 Å². The van der Waals surface area contributed by atoms with Crippen molar-refractivity contribution in [3.05, 3.63) is 60.0 Å². The average molecular weight is 334 g/mol. The Morgan fingerprint density at radius 3 is 2.80 bits per heavy atom. The molecule has 1 amide bonds. The molecule has 124 valence electrons. The van der Waals surface area contributed by atoms with Gasteiger partial charge >= 0.3 is 0 Å². The molecule has 0 saturated carbocycles. The van der Waals surface area contributed by atoms with Gasteiger partial charge in [0.05, 0.1) is 18.7 Å². The van der Waals surface area contributed by atoms with Crippen LogP contribution >= 0.6 is 0 Å². The topological polar surface area (TPSA) is 101 Å². The Bertz CT molecular complexity index is 926. The van der Waals surface area contributed by atoms with Crippen molar-refractivity contribution in [2.75, 3.05) is 12.4 Å². The van der Waals surface area contributed by atoms with E-state index in [-0.39, 0.29) is 18.2 Å². The number of hydrogen-bond acceptors (Lipinski definition) is 6. The van der Waals surface area contributed by atoms with Gasteiger partial charge in [0.1, 0.15) is 12.2 Å². The van der Waals surface area contributed by atoms with Crippen LogP contribution in [0.4, 0.5) is 5.69 Å². The number of aromatic nitrogens is 2. The van der Waals surface area contributed by atoms with E-state index in [0.717, 1.165) is 11.3 Å². The fraction of sp³-hybridized carbons (Fsp3) is 0.111. The number of rotatable bonds is 5. The summed E-state index contributed by atoms with van der Waals surface area (Å²) in [6.45, 7) is 0. The first-order valence-electron chi connectivity index (χ1n) is 7.45. The van der Waals surface area contributed by atoms with Crippen LogP contribution in [0.1, 0.15) is 11.5 Å². The lowest BCUT2D eigenvalue weighted by atomic mass is 10.2. The van der Waals surface area contributed by atoms with Crippen LogP contribution in [0.2, 0.25) is 0 Å². The lowest BCUT2D eigenvalue weighted by molar-refractivity contribution is -0.115. The summed E-state index contributed by atoms with van der Waals surface area (Å²) in [6, 6.07) is 15.9. The lowest BCUT2D eigenvalue weighted by Gasteiger charge is -2.03. The van der Waals surface area contributed by atoms with Crippen LogP contribution in [-0.2, 0) is 11.2 Å². The molecule has 0 radical (unpaired) electrons. The normalized spacial score (nSPS) is 10.1. The van der Waals surface area contributed by atoms with E-state index in [4.69, 9.17) is 14.5 Å². The molecule has 0 aliphatic carbocycles. The summed E-state index contributed by atoms with van der Waals surface area (Å²) in [6.07, 6.45) is -0.0556. The molecule has 0 fully saturated rings. The predicted molar refractivity (Wildman–Crippen MR) is 89.8 cm³/mol. The molecule has 0 aliphatic heterocycles. The molecule has 1 N–H and O–H groups in total. The van der Waals surface area contributed by atoms with E-state index in [1.54, 1.807) is 55.6 Å². The van der Waals surface area contributed by atoms with Gasteiger partial charge in [-0.1, -0.05) is 11.2 Å². The number of nitriles is 1. The Balaban J connectivity index is 1.66. The van der Waals surface area contributed by atoms with E-state index in [1.165, 1.54) is 0 Å². The molecule has 25 heavy (non-hydrogen) atoms. The van der Waals surface area contributed by atoms with E-state index in [9.17, 15) is 4.79 Å². The van der Waals surface area contributed by atoms with E-state index >= 15 is 0 Å². The Labute approximate surface area is 143 Å². The van der Waals surface area contributed by atoms with Gasteiger partial charge in [0.15, 0.2) is 0 Å². The zero-order chi connectivity index (χ0) is 17.6. The van der Waals surface area contributed by atoms with Crippen molar-refractivity contribution < 1.29 is 14.1 Å². The van der Waals surface area contributed by atoms with Gasteiger partial charge in [0.2, 0.25) is 17.6 Å². The van der Waals surface area contributed by atoms with Gasteiger partial charge in [0.25, 0.3) is 0 Å². The summed E-state index contributed by atoms with van der Waals surface area (Å²) >= 11 is 0. The monoisotopic (exact) mass is 334 g/mol. The van der Waals surface area contributed by atoms with Crippen molar-refractivity contribution in [2.24, 2.45) is 0 Å². The van der Waals surface area contributed by atoms with Crippen LogP contribution < -0.4 is 10.1 Å². The number of ether oxygens (including phenoxy) is 1. The standard InChI is InChI=1S/C18H14N4O3/c1-24-15-7-5-13(6-8-15)18-21-17(25-22-18)10-16(23)20-14-4-2-3-12(9-14)11-19/h2-9H,10H2,1H3,(H,20,23). The Morgan fingerprint density at radius 1 is 1.28 bits per heavy atom. The summed E-state index contributed by atoms with van der Waals surface area (Å²) in [5.74, 6) is 1.03. The van der Waals surface area contributed by atoms with Crippen LogP contribution in [0.3, 0.4) is 0 Å². The summed E-state index contributed by atoms with van der Waals surface area (Å²) < 4.78 is 10.2. The molecule has 3 rings (SSSR count). The third kappa shape index (κ3) is 4.00. The van der Waals surface area contributed by atoms with Crippen molar-refractivity contribution in [1.82, 2.24) is 10.1 Å². The quantitative estimate of drug-likeness (QED) is 0.770. The van der Waals surface area contributed by atoms with Gasteiger partial charge in [-0.2, -0.15) is 10.2 Å². The van der Waals surface area contributed by atoms with E-state index in [2.05, 4.69) is 15.5 Å². The zero-order valence-corrected chi connectivity index (χ0v) is 13.4. The van der Waals surface area contributed by atoms with Gasteiger partial charge < -0.3 is 14.6 Å². The maximum absolute atomic E-state index is 12.1. The molecule has 0 saturated heterocycles. The molecule has 0 unspecified atom stereocenters. The molecule has 0 bridgehead atoms. The van der Waals surface area contributed by atoms with Gasteiger partial charge in [-0.25, -0.2) is 0 Å². The van der Waals surface area contributed by atoms with Crippen molar-refractivity contribution >= 4 is 11.6 Å². The predicted octanol–water partition coefficient (Wildman–Crippen LogP) is 2.80. The smallest absolute Gasteiger partial charge is 0.236 e. The first-order chi connectivity index (χ1) is 12.2. The third-order valence-corrected chi connectivity index (χ3v) is 3.40. The maximum Gasteiger partial charge on any atom is 0.236 e. The highest BCUT2D eigenvalue weighted by Crippen LogP contribution is 2.20. The molecule has 7 nitrogen and oxygen atoms in total. The van der Waals surface area contributed by atoms with Crippen LogP contribution in [0.15, 0.2) is 53.1 Å². The zero-order valence-electron chi connectivity index (χ0n) is 13.4. The fourth-order valence-corrected chi connectivity index (χ4v) is 2.19. The molecule has 0 spiro atoms. The number of carbonyl (C=O) groups is 1. The molecule has 1 heterocycles. The lowest BCUT2D eigenvalue weighted by Crippen LogP contribution is -2.14. The van der Waals surface area contributed by atoms with Crippen LogP contribution in [0, 0.1) is 11.3 Å². The highest BCUT2D eigenvalue weighted by molar-refractivity contribution is 5.91. The highest BCUT2D eigenvalue weighted by atomic mass is 16.5. The Kier molecular flexibility index (Phi) is 4.72. The number of nitrogens with zero attached hydrogens (tertiary/aromatic N) is 3. The Morgan fingerprint density at radius 2 is 2.08 bits per heavy atom. The summed E-state index contributed by atoms with van der Waals surface area (Å²) in [4.78, 5) is 16.3. The van der Waals surface area contributed by atoms with Crippen molar-refractivity contribution in [3.63, 3.8) is 0 Å². The number of anilines is 1. The van der Waals surface area contributed by atoms with Crippen molar-refractivity contribution in [2.45, 2.75) is 6.42 Å². The first kappa shape index (κ1) is 16.2. The van der Waals surface area contributed by atoms with E-state index in [1.807, 2.05) is 6.07 Å². The third-order valence-electron chi connectivity index (χ3n) is 3.40. The second-order valence-electron chi connectivity index (χ2n) is 5.16. The molecule has 2 aromatic carbocycles. The second kappa shape index (κ2) is 7.27. The molecular weight excluding hydrogens is 320 g/mol. The molecule has 0 aliphatic rings. The Hall–Kier alpha value is -3.66. The summed E-state index contributed by atoms with van der Waals surface area (Å²) in [7, 11) is 1.59. The van der Waals surface area contributed by atoms with Crippen LogP contribution in [0.5, 0.6) is 5.75 Å². The van der Waals surface area contributed by atoms with Gasteiger partial charge in [-0.15, -0.1) is 0 Å². The SMILES string of the molecule is COc1ccc(-c2noc(CC(=O)Nc3cccc(C#N)c3)n2)cc1. The van der Waals surface area contributed by atoms with Crippen molar-refractivity contribution in [3.8, 4) is 23.2 Å². The fourth-order valence-electron chi connectivity index (χ4n) is 2.19. The maximum atomic E-state index is 12.1. The van der Waals surface area contributed by atoms with Crippen molar-refractivity contribution in [1.29, 1.82) is 5.26 Å². The summed E-state index contributed by atoms with van der Waals surface area (Å²) in [5.41, 5.74) is 1.77. The minimum absolute atomic E-state index is 0.0556. The number of carbonyl (C=O) groups excluding carboxylic acids is 1. The molecule has 0 atom stereocenters. The molecule has 3 aromatic rings. The van der Waals surface area contributed by atoms with E-state index in [0.29, 0.717) is 17.1 Å². The molecular formula is C18H14N4O3. The van der Waals surface area contributed by atoms with Gasteiger partial charge in [0, 0.05) is 11.3 Å². The second-order valence-corrected chi connectivity index (χ2v) is 5.16. The number of methoxy groups -OCH3 is 1. The van der Waals surface area contributed by atoms with Gasteiger partial charge in [-0.05, 0) is 42.5 Å². The minimum Gasteiger partial charge on any atom is -0.497 e. The van der Waals surface area contributed by atoms with Crippen LogP contribution in [0.25, 0.3) is 11.4 Å². The number of benzene rings is 2. The molecule has 1 aromatic heterocycles. The first-order valence-corrected chi connectivity index (χ1v) is 7.45. The van der Waals surface area contributed by atoms with E-state index < -0.39 is 0 Å². The molecule has 7 heteroatoms. The number of nitrogens with one attached hydrogen (secondary N) is 1. The van der Waals surface area contributed by atoms with Crippen LogP contribution in [-0.4, -0.2) is 23.2 Å². The largest absolute Gasteiger partial charge is 0.497 e. The number of amides is 1. The highest BCUT2D eigenvalue weighted by Gasteiger charge is 2.13. The average Bonchev–Trinajstić information content (AvgIpc) is 3.10. The number of hydrogen-bond donors (Lipinski definition) is 1. The minimum atomic E-state index is -0.306.